The molecule has 1 fully saturated rings. The molecule has 192 valence electrons. The molecule has 0 radical (unpaired) electrons. The first-order valence-electron chi connectivity index (χ1n) is 11.9. The number of cyclic esters (lactones) is 1. The fraction of sp³-hybridized carbons (Fsp3) is 0.321. The Morgan fingerprint density at radius 2 is 1.75 bits per heavy atom. The molecule has 0 saturated carbocycles. The summed E-state index contributed by atoms with van der Waals surface area (Å²) < 4.78 is 47.8. The van der Waals surface area contributed by atoms with Gasteiger partial charge >= 0.3 is 6.09 Å². The summed E-state index contributed by atoms with van der Waals surface area (Å²) in [6.07, 6.45) is 4.31. The van der Waals surface area contributed by atoms with E-state index in [4.69, 9.17) is 4.74 Å². The molecule has 2 unspecified atom stereocenters. The molecule has 1 aliphatic heterocycles. The third-order valence-electron chi connectivity index (χ3n) is 5.98. The van der Waals surface area contributed by atoms with Gasteiger partial charge < -0.3 is 9.64 Å². The second-order valence-corrected chi connectivity index (χ2v) is 9.14. The van der Waals surface area contributed by atoms with E-state index in [1.54, 1.807) is 47.2 Å². The number of hydrogen-bond acceptors (Lipinski definition) is 4. The second-order valence-electron chi connectivity index (χ2n) is 8.45. The molecule has 1 N–H and O–H groups in total. The van der Waals surface area contributed by atoms with E-state index in [0.29, 0.717) is 17.7 Å². The molecular formula is C28H31F3N2O2S. The predicted molar refractivity (Wildman–Crippen MR) is 139 cm³/mol. The van der Waals surface area contributed by atoms with Crippen LogP contribution in [0.4, 0.5) is 18.0 Å². The van der Waals surface area contributed by atoms with Gasteiger partial charge in [0, 0.05) is 31.1 Å². The van der Waals surface area contributed by atoms with Crippen LogP contribution in [0.3, 0.4) is 0 Å². The Morgan fingerprint density at radius 3 is 2.33 bits per heavy atom. The van der Waals surface area contributed by atoms with Gasteiger partial charge in [-0.1, -0.05) is 54.4 Å². The molecule has 0 aromatic heterocycles. The lowest BCUT2D eigenvalue weighted by molar-refractivity contribution is 0.00943. The maximum atomic E-state index is 14.0. The minimum absolute atomic E-state index is 0.0292. The van der Waals surface area contributed by atoms with Crippen LogP contribution < -0.4 is 4.72 Å². The quantitative estimate of drug-likeness (QED) is 0.251. The van der Waals surface area contributed by atoms with Crippen LogP contribution in [0.25, 0.3) is 11.1 Å². The number of amides is 1. The zero-order chi connectivity index (χ0) is 25.9. The van der Waals surface area contributed by atoms with Crippen molar-refractivity contribution in [3.63, 3.8) is 0 Å². The number of hydrogen-bond donors (Lipinski definition) is 1. The Kier molecular flexibility index (Phi) is 10.7. The Bertz CT molecular complexity index is 1100. The van der Waals surface area contributed by atoms with E-state index in [9.17, 15) is 18.0 Å². The third-order valence-corrected chi connectivity index (χ3v) is 6.47. The van der Waals surface area contributed by atoms with Gasteiger partial charge in [-0.3, -0.25) is 4.72 Å². The fourth-order valence-electron chi connectivity index (χ4n) is 3.96. The number of benzene rings is 3. The molecule has 1 heterocycles. The van der Waals surface area contributed by atoms with Gasteiger partial charge in [-0.15, -0.1) is 0 Å². The van der Waals surface area contributed by atoms with Crippen molar-refractivity contribution >= 4 is 18.0 Å². The summed E-state index contributed by atoms with van der Waals surface area (Å²) in [6, 6.07) is 18.7. The monoisotopic (exact) mass is 516 g/mol. The van der Waals surface area contributed by atoms with Crippen molar-refractivity contribution in [3.05, 3.63) is 95.8 Å². The Labute approximate surface area is 215 Å². The van der Waals surface area contributed by atoms with Gasteiger partial charge in [0.15, 0.2) is 0 Å². The van der Waals surface area contributed by atoms with Crippen LogP contribution in [-0.4, -0.2) is 36.4 Å². The normalized spacial score (nSPS) is 16.1. The summed E-state index contributed by atoms with van der Waals surface area (Å²) in [7, 11) is 0. The van der Waals surface area contributed by atoms with Crippen LogP contribution in [0, 0.1) is 17.5 Å². The van der Waals surface area contributed by atoms with Crippen molar-refractivity contribution in [2.24, 2.45) is 0 Å². The minimum atomic E-state index is -0.598. The first kappa shape index (κ1) is 27.6. The smallest absolute Gasteiger partial charge is 0.410 e. The molecular weight excluding hydrogens is 485 g/mol. The zero-order valence-electron chi connectivity index (χ0n) is 20.4. The van der Waals surface area contributed by atoms with E-state index in [1.807, 2.05) is 25.3 Å². The third kappa shape index (κ3) is 8.03. The molecule has 36 heavy (non-hydrogen) atoms. The summed E-state index contributed by atoms with van der Waals surface area (Å²) in [5.41, 5.74) is 1.95. The standard InChI is InChI=1S/C22H26F2N2O2S.C6H5F/c1-15(26-13-11-19(28-22(26)27)4-3-12-25-29-2)16-5-7-17(8-6-16)20-10-9-18(23)14-21(20)24;7-6-4-2-1-3-5-6/h5-10,14-15,19,25H,3-4,11-13H2,1-2H3;1-5H. The molecule has 3 aromatic rings. The predicted octanol–water partition coefficient (Wildman–Crippen LogP) is 7.38. The van der Waals surface area contributed by atoms with Gasteiger partial charge in [-0.25, -0.2) is 18.0 Å². The molecule has 4 rings (SSSR count). The van der Waals surface area contributed by atoms with Crippen LogP contribution in [0.5, 0.6) is 0 Å². The molecule has 0 spiro atoms. The molecule has 8 heteroatoms. The lowest BCUT2D eigenvalue weighted by atomic mass is 9.99. The van der Waals surface area contributed by atoms with Gasteiger partial charge in [-0.05, 0) is 61.4 Å². The SMILES string of the molecule is CSNCCCC1CCN(C(C)c2ccc(-c3ccc(F)cc3F)cc2)C(=O)O1.Fc1ccccc1. The van der Waals surface area contributed by atoms with E-state index in [-0.39, 0.29) is 24.1 Å². The van der Waals surface area contributed by atoms with Crippen molar-refractivity contribution in [2.45, 2.75) is 38.3 Å². The Hall–Kier alpha value is -2.97. The Balaban J connectivity index is 0.000000444. The molecule has 1 amide bonds. The number of nitrogens with zero attached hydrogens (tertiary/aromatic N) is 1. The molecule has 0 aliphatic carbocycles. The van der Waals surface area contributed by atoms with Crippen molar-refractivity contribution in [3.8, 4) is 11.1 Å². The number of carbonyl (C=O) groups is 1. The van der Waals surface area contributed by atoms with Crippen molar-refractivity contribution in [2.75, 3.05) is 19.3 Å². The van der Waals surface area contributed by atoms with E-state index < -0.39 is 11.6 Å². The van der Waals surface area contributed by atoms with Crippen molar-refractivity contribution in [1.82, 2.24) is 9.62 Å². The number of carbonyl (C=O) groups excluding carboxylic acids is 1. The summed E-state index contributed by atoms with van der Waals surface area (Å²) >= 11 is 1.59. The number of halogens is 3. The van der Waals surface area contributed by atoms with Crippen LogP contribution in [0.15, 0.2) is 72.8 Å². The molecule has 1 saturated heterocycles. The van der Waals surface area contributed by atoms with E-state index >= 15 is 0 Å². The molecule has 3 aromatic carbocycles. The van der Waals surface area contributed by atoms with Crippen molar-refractivity contribution < 1.29 is 22.7 Å². The largest absolute Gasteiger partial charge is 0.446 e. The maximum absolute atomic E-state index is 14.0. The summed E-state index contributed by atoms with van der Waals surface area (Å²) in [4.78, 5) is 14.2. The number of nitrogens with one attached hydrogen (secondary N) is 1. The van der Waals surface area contributed by atoms with Crippen molar-refractivity contribution in [1.29, 1.82) is 0 Å². The average molecular weight is 517 g/mol. The lowest BCUT2D eigenvalue weighted by Crippen LogP contribution is -2.43. The minimum Gasteiger partial charge on any atom is -0.446 e. The van der Waals surface area contributed by atoms with Crippen LogP contribution in [-0.2, 0) is 4.74 Å². The summed E-state index contributed by atoms with van der Waals surface area (Å²) in [5.74, 6) is -1.37. The molecule has 1 aliphatic rings. The molecule has 4 nitrogen and oxygen atoms in total. The van der Waals surface area contributed by atoms with Crippen LogP contribution in [0.1, 0.15) is 37.8 Å². The fourth-order valence-corrected chi connectivity index (χ4v) is 4.31. The van der Waals surface area contributed by atoms with Gasteiger partial charge in [0.2, 0.25) is 0 Å². The van der Waals surface area contributed by atoms with Crippen LogP contribution in [0.2, 0.25) is 0 Å². The topological polar surface area (TPSA) is 41.6 Å². The van der Waals surface area contributed by atoms with Gasteiger partial charge in [0.25, 0.3) is 0 Å². The maximum Gasteiger partial charge on any atom is 0.410 e. The van der Waals surface area contributed by atoms with E-state index in [2.05, 4.69) is 4.72 Å². The highest BCUT2D eigenvalue weighted by atomic mass is 32.2. The van der Waals surface area contributed by atoms with Gasteiger partial charge in [0.1, 0.15) is 23.6 Å². The lowest BCUT2D eigenvalue weighted by Gasteiger charge is -2.36. The first-order chi connectivity index (χ1) is 17.4. The summed E-state index contributed by atoms with van der Waals surface area (Å²) in [5, 5.41) is 0. The average Bonchev–Trinajstić information content (AvgIpc) is 2.87. The first-order valence-corrected chi connectivity index (χ1v) is 13.1. The second kappa shape index (κ2) is 13.9. The van der Waals surface area contributed by atoms with E-state index in [1.165, 1.54) is 24.3 Å². The molecule has 2 atom stereocenters. The number of rotatable bonds is 8. The zero-order valence-corrected chi connectivity index (χ0v) is 21.2. The highest BCUT2D eigenvalue weighted by Crippen LogP contribution is 2.29. The summed E-state index contributed by atoms with van der Waals surface area (Å²) in [6.45, 7) is 3.50. The highest BCUT2D eigenvalue weighted by Gasteiger charge is 2.30. The highest BCUT2D eigenvalue weighted by molar-refractivity contribution is 7.96. The van der Waals surface area contributed by atoms with E-state index in [0.717, 1.165) is 37.4 Å². The molecule has 0 bridgehead atoms. The number of ether oxygens (including phenoxy) is 1. The van der Waals surface area contributed by atoms with Crippen LogP contribution >= 0.6 is 11.9 Å². The van der Waals surface area contributed by atoms with Gasteiger partial charge in [-0.2, -0.15) is 0 Å². The van der Waals surface area contributed by atoms with Gasteiger partial charge in [0.05, 0.1) is 6.04 Å². The Morgan fingerprint density at radius 1 is 1.03 bits per heavy atom.